The summed E-state index contributed by atoms with van der Waals surface area (Å²) in [4.78, 5) is 0. The van der Waals surface area contributed by atoms with Crippen molar-refractivity contribution in [3.05, 3.63) is 34.9 Å². The van der Waals surface area contributed by atoms with Gasteiger partial charge in [0, 0.05) is 0 Å². The maximum absolute atomic E-state index is 3.33. The van der Waals surface area contributed by atoms with Crippen LogP contribution in [-0.4, -0.2) is 13.6 Å². The molecule has 18 heavy (non-hydrogen) atoms. The van der Waals surface area contributed by atoms with Crippen molar-refractivity contribution in [2.24, 2.45) is 5.92 Å². The van der Waals surface area contributed by atoms with Gasteiger partial charge in [-0.1, -0.05) is 31.0 Å². The van der Waals surface area contributed by atoms with E-state index in [1.165, 1.54) is 43.2 Å². The molecule has 0 aromatic heterocycles. The lowest BCUT2D eigenvalue weighted by Gasteiger charge is -2.26. The molecular formula is C17H27N. The number of rotatable bonds is 5. The first-order valence-electron chi connectivity index (χ1n) is 7.44. The zero-order valence-corrected chi connectivity index (χ0v) is 12.1. The molecule has 1 N–H and O–H groups in total. The maximum atomic E-state index is 3.33. The summed E-state index contributed by atoms with van der Waals surface area (Å²) in [5.74, 6) is 1.68. The summed E-state index contributed by atoms with van der Waals surface area (Å²) in [6.45, 7) is 5.67. The molecule has 0 bridgehead atoms. The van der Waals surface area contributed by atoms with E-state index in [-0.39, 0.29) is 0 Å². The van der Waals surface area contributed by atoms with Crippen molar-refractivity contribution in [2.45, 2.75) is 51.9 Å². The molecule has 100 valence electrons. The van der Waals surface area contributed by atoms with Crippen LogP contribution in [0.2, 0.25) is 0 Å². The maximum Gasteiger partial charge on any atom is -0.00460 e. The van der Waals surface area contributed by atoms with Crippen LogP contribution in [0.15, 0.2) is 18.2 Å². The van der Waals surface area contributed by atoms with Gasteiger partial charge in [-0.25, -0.2) is 0 Å². The number of hydrogen-bond acceptors (Lipinski definition) is 1. The van der Waals surface area contributed by atoms with E-state index in [2.05, 4.69) is 44.4 Å². The lowest BCUT2D eigenvalue weighted by atomic mass is 9.80. The van der Waals surface area contributed by atoms with Crippen molar-refractivity contribution in [1.29, 1.82) is 0 Å². The number of hydrogen-bond donors (Lipinski definition) is 1. The molecular weight excluding hydrogens is 218 g/mol. The summed E-state index contributed by atoms with van der Waals surface area (Å²) >= 11 is 0. The van der Waals surface area contributed by atoms with Crippen LogP contribution in [0.1, 0.15) is 54.7 Å². The van der Waals surface area contributed by atoms with Crippen molar-refractivity contribution in [1.82, 2.24) is 5.32 Å². The van der Waals surface area contributed by atoms with E-state index in [0.717, 1.165) is 18.4 Å². The highest BCUT2D eigenvalue weighted by atomic mass is 14.8. The van der Waals surface area contributed by atoms with E-state index in [4.69, 9.17) is 0 Å². The van der Waals surface area contributed by atoms with Gasteiger partial charge in [0.15, 0.2) is 0 Å². The van der Waals surface area contributed by atoms with Crippen molar-refractivity contribution < 1.29 is 0 Å². The highest BCUT2D eigenvalue weighted by molar-refractivity contribution is 5.36. The van der Waals surface area contributed by atoms with Gasteiger partial charge in [-0.05, 0) is 75.2 Å². The molecule has 0 radical (unpaired) electrons. The van der Waals surface area contributed by atoms with Gasteiger partial charge in [0.05, 0.1) is 0 Å². The van der Waals surface area contributed by atoms with E-state index in [9.17, 15) is 0 Å². The molecule has 1 aliphatic carbocycles. The van der Waals surface area contributed by atoms with E-state index >= 15 is 0 Å². The summed E-state index contributed by atoms with van der Waals surface area (Å²) in [6.07, 6.45) is 7.02. The van der Waals surface area contributed by atoms with Crippen LogP contribution in [0.25, 0.3) is 0 Å². The average molecular weight is 245 g/mol. The lowest BCUT2D eigenvalue weighted by molar-refractivity contribution is 0.406. The normalized spacial score (nSPS) is 18.2. The molecule has 0 spiro atoms. The zero-order valence-electron chi connectivity index (χ0n) is 12.1. The third-order valence-electron chi connectivity index (χ3n) is 4.72. The second-order valence-corrected chi connectivity index (χ2v) is 5.83. The van der Waals surface area contributed by atoms with Crippen molar-refractivity contribution in [2.75, 3.05) is 13.6 Å². The van der Waals surface area contributed by atoms with E-state index < -0.39 is 0 Å². The fourth-order valence-electron chi connectivity index (χ4n) is 3.48. The SMILES string of the molecule is CNCCC(c1cccc(C)c1C)C1CCCC1. The second-order valence-electron chi connectivity index (χ2n) is 5.83. The Morgan fingerprint density at radius 1 is 1.22 bits per heavy atom. The van der Waals surface area contributed by atoms with Crippen LogP contribution in [0, 0.1) is 19.8 Å². The molecule has 1 unspecified atom stereocenters. The van der Waals surface area contributed by atoms with Gasteiger partial charge >= 0.3 is 0 Å². The van der Waals surface area contributed by atoms with Gasteiger partial charge in [-0.3, -0.25) is 0 Å². The Hall–Kier alpha value is -0.820. The first-order valence-corrected chi connectivity index (χ1v) is 7.44. The molecule has 0 amide bonds. The van der Waals surface area contributed by atoms with Crippen LogP contribution >= 0.6 is 0 Å². The first kappa shape index (κ1) is 13.6. The van der Waals surface area contributed by atoms with Gasteiger partial charge in [0.2, 0.25) is 0 Å². The summed E-state index contributed by atoms with van der Waals surface area (Å²) in [5.41, 5.74) is 4.57. The average Bonchev–Trinajstić information content (AvgIpc) is 2.88. The fourth-order valence-corrected chi connectivity index (χ4v) is 3.48. The minimum absolute atomic E-state index is 0.764. The minimum atomic E-state index is 0.764. The monoisotopic (exact) mass is 245 g/mol. The number of aryl methyl sites for hydroxylation is 1. The molecule has 1 aromatic rings. The summed E-state index contributed by atoms with van der Waals surface area (Å²) in [7, 11) is 2.06. The van der Waals surface area contributed by atoms with E-state index in [1.54, 1.807) is 5.56 Å². The Kier molecular flexibility index (Phi) is 4.82. The molecule has 1 heteroatoms. The molecule has 0 saturated heterocycles. The summed E-state index contributed by atoms with van der Waals surface area (Å²) in [6, 6.07) is 6.84. The van der Waals surface area contributed by atoms with Crippen LogP contribution in [0.4, 0.5) is 0 Å². The quantitative estimate of drug-likeness (QED) is 0.820. The Bertz CT molecular complexity index is 377. The smallest absolute Gasteiger partial charge is 0.00460 e. The van der Waals surface area contributed by atoms with E-state index in [0.29, 0.717) is 0 Å². The predicted octanol–water partition coefficient (Wildman–Crippen LogP) is 4.19. The highest BCUT2D eigenvalue weighted by Crippen LogP contribution is 2.40. The molecule has 0 aliphatic heterocycles. The lowest BCUT2D eigenvalue weighted by Crippen LogP contribution is -2.18. The minimum Gasteiger partial charge on any atom is -0.320 e. The van der Waals surface area contributed by atoms with Crippen molar-refractivity contribution in [3.8, 4) is 0 Å². The van der Waals surface area contributed by atoms with Crippen molar-refractivity contribution in [3.63, 3.8) is 0 Å². The van der Waals surface area contributed by atoms with Crippen LogP contribution in [-0.2, 0) is 0 Å². The van der Waals surface area contributed by atoms with Crippen molar-refractivity contribution >= 4 is 0 Å². The molecule has 0 heterocycles. The summed E-state index contributed by atoms with van der Waals surface area (Å²) in [5, 5.41) is 3.33. The van der Waals surface area contributed by atoms with Crippen LogP contribution < -0.4 is 5.32 Å². The predicted molar refractivity (Wildman–Crippen MR) is 79.2 cm³/mol. The highest BCUT2D eigenvalue weighted by Gasteiger charge is 2.26. The fraction of sp³-hybridized carbons (Fsp3) is 0.647. The molecule has 1 atom stereocenters. The molecule has 1 saturated carbocycles. The number of benzene rings is 1. The molecule has 1 aromatic carbocycles. The van der Waals surface area contributed by atoms with Gasteiger partial charge < -0.3 is 5.32 Å². The molecule has 1 aliphatic rings. The van der Waals surface area contributed by atoms with Gasteiger partial charge in [0.25, 0.3) is 0 Å². The zero-order chi connectivity index (χ0) is 13.0. The standard InChI is InChI=1S/C17H27N/c1-13-7-6-10-16(14(13)2)17(11-12-18-3)15-8-4-5-9-15/h6-7,10,15,17-18H,4-5,8-9,11-12H2,1-3H3. The Labute approximate surface area is 112 Å². The Morgan fingerprint density at radius 3 is 2.61 bits per heavy atom. The second kappa shape index (κ2) is 6.38. The molecule has 1 nitrogen and oxygen atoms in total. The topological polar surface area (TPSA) is 12.0 Å². The number of nitrogens with one attached hydrogen (secondary N) is 1. The van der Waals surface area contributed by atoms with Gasteiger partial charge in [0.1, 0.15) is 0 Å². The van der Waals surface area contributed by atoms with E-state index in [1.807, 2.05) is 0 Å². The third kappa shape index (κ3) is 2.95. The molecule has 1 fully saturated rings. The Balaban J connectivity index is 2.23. The molecule has 2 rings (SSSR count). The van der Waals surface area contributed by atoms with Crippen LogP contribution in [0.3, 0.4) is 0 Å². The Morgan fingerprint density at radius 2 is 1.94 bits per heavy atom. The van der Waals surface area contributed by atoms with Gasteiger partial charge in [-0.15, -0.1) is 0 Å². The summed E-state index contributed by atoms with van der Waals surface area (Å²) < 4.78 is 0. The third-order valence-corrected chi connectivity index (χ3v) is 4.72. The van der Waals surface area contributed by atoms with Gasteiger partial charge in [-0.2, -0.15) is 0 Å². The first-order chi connectivity index (χ1) is 8.74. The van der Waals surface area contributed by atoms with Crippen LogP contribution in [0.5, 0.6) is 0 Å². The largest absolute Gasteiger partial charge is 0.320 e.